The number of rotatable bonds is 5. The Hall–Kier alpha value is -2.58. The smallest absolute Gasteiger partial charge is 0.249 e. The Morgan fingerprint density at radius 1 is 1.04 bits per heavy atom. The van der Waals surface area contributed by atoms with Crippen LogP contribution in [0.15, 0.2) is 47.4 Å². The molecule has 1 heterocycles. The van der Waals surface area contributed by atoms with Crippen LogP contribution in [0.3, 0.4) is 0 Å². The Labute approximate surface area is 159 Å². The van der Waals surface area contributed by atoms with E-state index in [1.807, 2.05) is 24.3 Å². The number of amides is 1. The molecule has 0 aliphatic carbocycles. The largest absolute Gasteiger partial charge is 0.497 e. The van der Waals surface area contributed by atoms with Gasteiger partial charge in [0.25, 0.3) is 0 Å². The summed E-state index contributed by atoms with van der Waals surface area (Å²) in [4.78, 5) is 13.8. The molecule has 0 radical (unpaired) electrons. The van der Waals surface area contributed by atoms with Crippen LogP contribution in [0.2, 0.25) is 0 Å². The van der Waals surface area contributed by atoms with Crippen molar-refractivity contribution in [1.29, 1.82) is 0 Å². The third-order valence-electron chi connectivity index (χ3n) is 4.79. The second kappa shape index (κ2) is 7.58. The number of ether oxygens (including phenoxy) is 1. The summed E-state index contributed by atoms with van der Waals surface area (Å²) in [6, 6.07) is 12.2. The van der Waals surface area contributed by atoms with E-state index in [1.54, 1.807) is 20.1 Å². The summed E-state index contributed by atoms with van der Waals surface area (Å²) in [5.41, 5.74) is 7.26. The van der Waals surface area contributed by atoms with Crippen molar-refractivity contribution in [2.45, 2.75) is 11.8 Å². The van der Waals surface area contributed by atoms with E-state index < -0.39 is 15.9 Å². The maximum atomic E-state index is 12.9. The zero-order chi connectivity index (χ0) is 19.6. The number of hydrogen-bond acceptors (Lipinski definition) is 5. The van der Waals surface area contributed by atoms with E-state index in [0.717, 1.165) is 11.4 Å². The Bertz CT molecular complexity index is 934. The number of carbonyl (C=O) groups is 1. The topological polar surface area (TPSA) is 92.9 Å². The Morgan fingerprint density at radius 2 is 1.67 bits per heavy atom. The lowest BCUT2D eigenvalue weighted by molar-refractivity contribution is 0.0999. The molecule has 0 bridgehead atoms. The van der Waals surface area contributed by atoms with Crippen LogP contribution >= 0.6 is 0 Å². The monoisotopic (exact) mass is 389 g/mol. The summed E-state index contributed by atoms with van der Waals surface area (Å²) in [5.74, 6) is 0.151. The first-order valence-corrected chi connectivity index (χ1v) is 10.1. The Morgan fingerprint density at radius 3 is 2.22 bits per heavy atom. The third kappa shape index (κ3) is 3.91. The van der Waals surface area contributed by atoms with E-state index in [-0.39, 0.29) is 10.5 Å². The van der Waals surface area contributed by atoms with Gasteiger partial charge in [0.15, 0.2) is 0 Å². The maximum Gasteiger partial charge on any atom is 0.249 e. The van der Waals surface area contributed by atoms with E-state index >= 15 is 0 Å². The molecule has 3 rings (SSSR count). The van der Waals surface area contributed by atoms with Crippen molar-refractivity contribution in [1.82, 2.24) is 4.31 Å². The van der Waals surface area contributed by atoms with Crippen molar-refractivity contribution in [3.63, 3.8) is 0 Å². The van der Waals surface area contributed by atoms with Crippen LogP contribution in [0.1, 0.15) is 15.9 Å². The minimum absolute atomic E-state index is 0.0970. The van der Waals surface area contributed by atoms with Crippen LogP contribution in [0.25, 0.3) is 0 Å². The predicted octanol–water partition coefficient (Wildman–Crippen LogP) is 1.61. The highest BCUT2D eigenvalue weighted by Crippen LogP contribution is 2.24. The zero-order valence-electron chi connectivity index (χ0n) is 15.4. The maximum absolute atomic E-state index is 12.9. The number of benzene rings is 2. The highest BCUT2D eigenvalue weighted by atomic mass is 32.2. The van der Waals surface area contributed by atoms with Gasteiger partial charge in [0.1, 0.15) is 5.75 Å². The fourth-order valence-corrected chi connectivity index (χ4v) is 4.60. The molecular weight excluding hydrogens is 366 g/mol. The van der Waals surface area contributed by atoms with E-state index in [2.05, 4.69) is 4.90 Å². The van der Waals surface area contributed by atoms with Crippen LogP contribution in [0, 0.1) is 6.92 Å². The molecule has 0 saturated carbocycles. The molecule has 1 fully saturated rings. The van der Waals surface area contributed by atoms with Gasteiger partial charge in [-0.3, -0.25) is 4.79 Å². The molecule has 0 unspecified atom stereocenters. The van der Waals surface area contributed by atoms with E-state index in [0.29, 0.717) is 31.7 Å². The number of methoxy groups -OCH3 is 1. The summed E-state index contributed by atoms with van der Waals surface area (Å²) in [6.07, 6.45) is 0. The Kier molecular flexibility index (Phi) is 5.38. The lowest BCUT2D eigenvalue weighted by Crippen LogP contribution is -2.48. The van der Waals surface area contributed by atoms with Gasteiger partial charge in [-0.2, -0.15) is 4.31 Å². The number of nitrogens with two attached hydrogens (primary N) is 1. The second-order valence-corrected chi connectivity index (χ2v) is 8.37. The van der Waals surface area contributed by atoms with E-state index in [1.165, 1.54) is 16.4 Å². The fourth-order valence-electron chi connectivity index (χ4n) is 3.16. The van der Waals surface area contributed by atoms with E-state index in [9.17, 15) is 13.2 Å². The lowest BCUT2D eigenvalue weighted by atomic mass is 10.1. The second-order valence-electron chi connectivity index (χ2n) is 6.43. The van der Waals surface area contributed by atoms with Gasteiger partial charge >= 0.3 is 0 Å². The number of aryl methyl sites for hydroxylation is 1. The van der Waals surface area contributed by atoms with Gasteiger partial charge in [0.2, 0.25) is 15.9 Å². The molecule has 0 spiro atoms. The Balaban J connectivity index is 1.74. The summed E-state index contributed by atoms with van der Waals surface area (Å²) in [6.45, 7) is 3.63. The molecule has 8 heteroatoms. The van der Waals surface area contributed by atoms with Crippen LogP contribution in [0.4, 0.5) is 5.69 Å². The van der Waals surface area contributed by atoms with Crippen molar-refractivity contribution in [3.8, 4) is 5.75 Å². The minimum atomic E-state index is -3.67. The van der Waals surface area contributed by atoms with Crippen molar-refractivity contribution in [2.24, 2.45) is 5.73 Å². The first-order chi connectivity index (χ1) is 12.8. The summed E-state index contributed by atoms with van der Waals surface area (Å²) in [5, 5.41) is 0. The molecule has 1 aliphatic rings. The van der Waals surface area contributed by atoms with E-state index in [4.69, 9.17) is 10.5 Å². The van der Waals surface area contributed by atoms with Gasteiger partial charge in [-0.15, -0.1) is 0 Å². The highest BCUT2D eigenvalue weighted by Gasteiger charge is 2.29. The molecule has 1 aliphatic heterocycles. The first kappa shape index (κ1) is 19.2. The molecule has 27 heavy (non-hydrogen) atoms. The SMILES string of the molecule is COc1ccc(N2CCN(S(=O)(=O)c3ccc(C)c(C(N)=O)c3)CC2)cc1. The quantitative estimate of drug-likeness (QED) is 0.839. The standard InChI is InChI=1S/C19H23N3O4S/c1-14-3-8-17(13-18(14)19(20)23)27(24,25)22-11-9-21(10-12-22)15-4-6-16(26-2)7-5-15/h3-8,13H,9-12H2,1-2H3,(H2,20,23). The van der Waals surface area contributed by atoms with Crippen LogP contribution in [0.5, 0.6) is 5.75 Å². The van der Waals surface area contributed by atoms with Crippen molar-refractivity contribution in [3.05, 3.63) is 53.6 Å². The summed E-state index contributed by atoms with van der Waals surface area (Å²) in [7, 11) is -2.05. The molecule has 7 nitrogen and oxygen atoms in total. The average Bonchev–Trinajstić information content (AvgIpc) is 2.68. The van der Waals surface area contributed by atoms with Gasteiger partial charge in [-0.05, 0) is 48.9 Å². The van der Waals surface area contributed by atoms with Crippen molar-refractivity contribution < 1.29 is 17.9 Å². The predicted molar refractivity (Wildman–Crippen MR) is 104 cm³/mol. The normalized spacial score (nSPS) is 15.6. The molecule has 0 atom stereocenters. The van der Waals surface area contributed by atoms with Crippen LogP contribution in [-0.2, 0) is 10.0 Å². The zero-order valence-corrected chi connectivity index (χ0v) is 16.2. The van der Waals surface area contributed by atoms with Crippen LogP contribution < -0.4 is 15.4 Å². The first-order valence-electron chi connectivity index (χ1n) is 8.62. The van der Waals surface area contributed by atoms with Crippen molar-refractivity contribution in [2.75, 3.05) is 38.2 Å². The molecule has 1 saturated heterocycles. The summed E-state index contributed by atoms with van der Waals surface area (Å²) >= 11 is 0. The number of piperazine rings is 1. The molecular formula is C19H23N3O4S. The number of primary amides is 1. The number of carbonyl (C=O) groups excluding carboxylic acids is 1. The van der Waals surface area contributed by atoms with Gasteiger partial charge < -0.3 is 15.4 Å². The fraction of sp³-hybridized carbons (Fsp3) is 0.316. The molecule has 2 aromatic carbocycles. The third-order valence-corrected chi connectivity index (χ3v) is 6.68. The summed E-state index contributed by atoms with van der Waals surface area (Å²) < 4.78 is 32.5. The van der Waals surface area contributed by atoms with Crippen LogP contribution in [-0.4, -0.2) is 51.9 Å². The number of hydrogen-bond donors (Lipinski definition) is 1. The molecule has 0 aromatic heterocycles. The van der Waals surface area contributed by atoms with Crippen molar-refractivity contribution >= 4 is 21.6 Å². The van der Waals surface area contributed by atoms with Gasteiger partial charge in [-0.1, -0.05) is 6.07 Å². The molecule has 1 amide bonds. The number of nitrogens with zero attached hydrogens (tertiary/aromatic N) is 2. The molecule has 2 N–H and O–H groups in total. The average molecular weight is 389 g/mol. The highest BCUT2D eigenvalue weighted by molar-refractivity contribution is 7.89. The number of sulfonamides is 1. The molecule has 2 aromatic rings. The number of anilines is 1. The minimum Gasteiger partial charge on any atom is -0.497 e. The lowest BCUT2D eigenvalue weighted by Gasteiger charge is -2.35. The van der Waals surface area contributed by atoms with Gasteiger partial charge in [0, 0.05) is 37.4 Å². The van der Waals surface area contributed by atoms with Gasteiger partial charge in [-0.25, -0.2) is 8.42 Å². The molecule has 144 valence electrons. The van der Waals surface area contributed by atoms with Gasteiger partial charge in [0.05, 0.1) is 12.0 Å².